The maximum absolute atomic E-state index is 9.15. The molecule has 1 aromatic heterocycles. The normalized spacial score (nSPS) is 9.88. The van der Waals surface area contributed by atoms with Crippen LogP contribution in [-0.4, -0.2) is 20.8 Å². The Labute approximate surface area is 95.6 Å². The van der Waals surface area contributed by atoms with E-state index < -0.39 is 0 Å². The average Bonchev–Trinajstić information content (AvgIpc) is 2.27. The molecule has 2 N–H and O–H groups in total. The second kappa shape index (κ2) is 6.76. The Morgan fingerprint density at radius 2 is 2.00 bits per heavy atom. The summed E-state index contributed by atoms with van der Waals surface area (Å²) in [6.07, 6.45) is 5.42. The third-order valence-corrected chi connectivity index (χ3v) is 2.06. The summed E-state index contributed by atoms with van der Waals surface area (Å²) < 4.78 is 0. The van der Waals surface area contributed by atoms with Gasteiger partial charge in [0.2, 0.25) is 5.88 Å². The molecule has 16 heavy (non-hydrogen) atoms. The average molecular weight is 222 g/mol. The van der Waals surface area contributed by atoms with Gasteiger partial charge in [-0.1, -0.05) is 26.7 Å². The molecule has 0 aliphatic heterocycles. The van der Waals surface area contributed by atoms with E-state index in [0.717, 1.165) is 31.4 Å². The van der Waals surface area contributed by atoms with Crippen LogP contribution in [0.2, 0.25) is 0 Å². The van der Waals surface area contributed by atoms with E-state index in [1.165, 1.54) is 12.4 Å². The molecule has 5 heteroatoms. The molecule has 0 fully saturated rings. The molecule has 0 amide bonds. The fourth-order valence-corrected chi connectivity index (χ4v) is 1.36. The Bertz CT molecular complexity index is 344. The Kier molecular flexibility index (Phi) is 5.25. The molecule has 88 valence electrons. The van der Waals surface area contributed by atoms with Gasteiger partial charge in [0.05, 0.1) is 0 Å². The molecule has 0 atom stereocenters. The van der Waals surface area contributed by atoms with Crippen molar-refractivity contribution < 1.29 is 5.11 Å². The molecule has 0 saturated carbocycles. The summed E-state index contributed by atoms with van der Waals surface area (Å²) in [6.45, 7) is 4.25. The Hall–Kier alpha value is -1.65. The van der Waals surface area contributed by atoms with Crippen molar-refractivity contribution in [2.45, 2.75) is 39.5 Å². The van der Waals surface area contributed by atoms with Crippen LogP contribution in [0.25, 0.3) is 0 Å². The number of aromatic nitrogens is 2. The van der Waals surface area contributed by atoms with Gasteiger partial charge in [-0.3, -0.25) is 5.43 Å². The van der Waals surface area contributed by atoms with E-state index in [9.17, 15) is 0 Å². The van der Waals surface area contributed by atoms with E-state index in [4.69, 9.17) is 5.11 Å². The maximum atomic E-state index is 9.15. The van der Waals surface area contributed by atoms with Gasteiger partial charge in [0.1, 0.15) is 6.33 Å². The smallest absolute Gasteiger partial charge is 0.216 e. The second-order valence-electron chi connectivity index (χ2n) is 3.55. The number of aromatic hydroxyl groups is 1. The van der Waals surface area contributed by atoms with Gasteiger partial charge in [0.25, 0.3) is 0 Å². The van der Waals surface area contributed by atoms with E-state index >= 15 is 0 Å². The molecule has 0 aliphatic carbocycles. The minimum atomic E-state index is -0.0553. The number of rotatable bonds is 6. The van der Waals surface area contributed by atoms with Crippen LogP contribution in [0.15, 0.2) is 17.5 Å². The molecule has 0 radical (unpaired) electrons. The van der Waals surface area contributed by atoms with Gasteiger partial charge in [-0.2, -0.15) is 5.10 Å². The SMILES string of the molecule is CCCC(CCC)=NNc1cc(O)ncn1. The lowest BCUT2D eigenvalue weighted by atomic mass is 10.1. The summed E-state index contributed by atoms with van der Waals surface area (Å²) in [6, 6.07) is 1.44. The lowest BCUT2D eigenvalue weighted by Gasteiger charge is -2.04. The van der Waals surface area contributed by atoms with E-state index in [2.05, 4.69) is 34.3 Å². The van der Waals surface area contributed by atoms with E-state index in [1.54, 1.807) is 0 Å². The minimum absolute atomic E-state index is 0.0553. The minimum Gasteiger partial charge on any atom is -0.493 e. The molecule has 5 nitrogen and oxygen atoms in total. The van der Waals surface area contributed by atoms with Gasteiger partial charge in [-0.25, -0.2) is 9.97 Å². The third-order valence-electron chi connectivity index (χ3n) is 2.06. The summed E-state index contributed by atoms with van der Waals surface area (Å²) in [5.74, 6) is 0.456. The van der Waals surface area contributed by atoms with E-state index in [1.807, 2.05) is 0 Å². The highest BCUT2D eigenvalue weighted by Gasteiger charge is 1.98. The summed E-state index contributed by atoms with van der Waals surface area (Å²) in [5.41, 5.74) is 3.96. The highest BCUT2D eigenvalue weighted by atomic mass is 16.3. The maximum Gasteiger partial charge on any atom is 0.216 e. The topological polar surface area (TPSA) is 70.4 Å². The van der Waals surface area contributed by atoms with Crippen LogP contribution < -0.4 is 5.43 Å². The van der Waals surface area contributed by atoms with Crippen molar-refractivity contribution in [3.8, 4) is 5.88 Å². The van der Waals surface area contributed by atoms with Gasteiger partial charge in [-0.15, -0.1) is 0 Å². The number of hydrazone groups is 1. The van der Waals surface area contributed by atoms with Crippen molar-refractivity contribution in [2.75, 3.05) is 5.43 Å². The van der Waals surface area contributed by atoms with Crippen LogP contribution in [0.1, 0.15) is 39.5 Å². The van der Waals surface area contributed by atoms with Gasteiger partial charge in [0.15, 0.2) is 5.82 Å². The number of nitrogens with zero attached hydrogens (tertiary/aromatic N) is 3. The first-order chi connectivity index (χ1) is 7.76. The Balaban J connectivity index is 2.61. The highest BCUT2D eigenvalue weighted by molar-refractivity contribution is 5.84. The Morgan fingerprint density at radius 3 is 2.56 bits per heavy atom. The van der Waals surface area contributed by atoms with Gasteiger partial charge < -0.3 is 5.11 Å². The van der Waals surface area contributed by atoms with E-state index in [-0.39, 0.29) is 5.88 Å². The van der Waals surface area contributed by atoms with Crippen LogP contribution in [0.5, 0.6) is 5.88 Å². The van der Waals surface area contributed by atoms with Gasteiger partial charge in [-0.05, 0) is 12.8 Å². The second-order valence-corrected chi connectivity index (χ2v) is 3.55. The quantitative estimate of drug-likeness (QED) is 0.573. The first kappa shape index (κ1) is 12.4. The summed E-state index contributed by atoms with van der Waals surface area (Å²) in [5, 5.41) is 13.4. The van der Waals surface area contributed by atoms with Gasteiger partial charge >= 0.3 is 0 Å². The molecule has 0 aromatic carbocycles. The van der Waals surface area contributed by atoms with Crippen LogP contribution in [0, 0.1) is 0 Å². The molecular formula is C11H18N4O. The molecule has 0 spiro atoms. The number of nitrogens with one attached hydrogen (secondary N) is 1. The molecule has 1 rings (SSSR count). The highest BCUT2D eigenvalue weighted by Crippen LogP contribution is 2.09. The van der Waals surface area contributed by atoms with Crippen LogP contribution in [0.4, 0.5) is 5.82 Å². The summed E-state index contributed by atoms with van der Waals surface area (Å²) in [4.78, 5) is 7.54. The zero-order chi connectivity index (χ0) is 11.8. The zero-order valence-electron chi connectivity index (χ0n) is 9.77. The Morgan fingerprint density at radius 1 is 1.31 bits per heavy atom. The number of anilines is 1. The molecule has 0 aliphatic rings. The standard InChI is InChI=1S/C11H18N4O/c1-3-5-9(6-4-2)14-15-10-7-11(16)13-8-12-10/h7-8H,3-6H2,1-2H3,(H2,12,13,15,16). The molecule has 0 saturated heterocycles. The largest absolute Gasteiger partial charge is 0.493 e. The third kappa shape index (κ3) is 4.25. The first-order valence-corrected chi connectivity index (χ1v) is 5.58. The molecule has 0 bridgehead atoms. The number of hydrogen-bond donors (Lipinski definition) is 2. The molecular weight excluding hydrogens is 204 g/mol. The van der Waals surface area contributed by atoms with Crippen molar-refractivity contribution >= 4 is 11.5 Å². The monoisotopic (exact) mass is 222 g/mol. The molecule has 1 heterocycles. The first-order valence-electron chi connectivity index (χ1n) is 5.58. The van der Waals surface area contributed by atoms with Gasteiger partial charge in [0, 0.05) is 11.8 Å². The van der Waals surface area contributed by atoms with E-state index in [0.29, 0.717) is 5.82 Å². The van der Waals surface area contributed by atoms with Crippen molar-refractivity contribution in [1.29, 1.82) is 0 Å². The predicted octanol–water partition coefficient (Wildman–Crippen LogP) is 2.55. The predicted molar refractivity (Wildman–Crippen MR) is 64.6 cm³/mol. The van der Waals surface area contributed by atoms with Crippen LogP contribution in [-0.2, 0) is 0 Å². The fraction of sp³-hybridized carbons (Fsp3) is 0.545. The summed E-state index contributed by atoms with van der Waals surface area (Å²) >= 11 is 0. The van der Waals surface area contributed by atoms with Crippen LogP contribution >= 0.6 is 0 Å². The molecule has 1 aromatic rings. The zero-order valence-corrected chi connectivity index (χ0v) is 9.77. The van der Waals surface area contributed by atoms with Crippen molar-refractivity contribution in [2.24, 2.45) is 5.10 Å². The van der Waals surface area contributed by atoms with Crippen molar-refractivity contribution in [1.82, 2.24) is 9.97 Å². The lowest BCUT2D eigenvalue weighted by Crippen LogP contribution is -2.02. The number of hydrogen-bond acceptors (Lipinski definition) is 5. The van der Waals surface area contributed by atoms with Crippen LogP contribution in [0.3, 0.4) is 0 Å². The van der Waals surface area contributed by atoms with Crippen molar-refractivity contribution in [3.63, 3.8) is 0 Å². The lowest BCUT2D eigenvalue weighted by molar-refractivity contribution is 0.452. The molecule has 0 unspecified atom stereocenters. The summed E-state index contributed by atoms with van der Waals surface area (Å²) in [7, 11) is 0. The van der Waals surface area contributed by atoms with Crippen molar-refractivity contribution in [3.05, 3.63) is 12.4 Å². The fourth-order valence-electron chi connectivity index (χ4n) is 1.36.